The van der Waals surface area contributed by atoms with Gasteiger partial charge in [-0.3, -0.25) is 20.4 Å². The number of nitrogens with zero attached hydrogens (tertiary/aromatic N) is 3. The molecule has 3 rings (SSSR count). The van der Waals surface area contributed by atoms with Crippen LogP contribution in [-0.4, -0.2) is 33.4 Å². The van der Waals surface area contributed by atoms with E-state index in [-0.39, 0.29) is 11.8 Å². The fraction of sp³-hybridized carbons (Fsp3) is 0.364. The second-order valence-corrected chi connectivity index (χ2v) is 7.24. The van der Waals surface area contributed by atoms with Gasteiger partial charge in [0.25, 0.3) is 0 Å². The van der Waals surface area contributed by atoms with Crippen LogP contribution in [0.25, 0.3) is 10.9 Å². The van der Waals surface area contributed by atoms with Crippen molar-refractivity contribution in [3.8, 4) is 0 Å². The molecule has 0 unspecified atom stereocenters. The zero-order valence-corrected chi connectivity index (χ0v) is 17.4. The number of para-hydroxylation sites is 1. The Kier molecular flexibility index (Phi) is 6.59. The maximum Gasteiger partial charge on any atom is 0.229 e. The van der Waals surface area contributed by atoms with Gasteiger partial charge in [0.05, 0.1) is 0 Å². The number of H-pyrrole nitrogens is 1. The largest absolute Gasteiger partial charge is 0.361 e. The normalized spacial score (nSPS) is 12.8. The molecule has 3 N–H and O–H groups in total. The van der Waals surface area contributed by atoms with Crippen LogP contribution in [0.2, 0.25) is 0 Å². The summed E-state index contributed by atoms with van der Waals surface area (Å²) in [5.41, 5.74) is 4.01. The predicted octanol–water partition coefficient (Wildman–Crippen LogP) is 3.75. The van der Waals surface area contributed by atoms with Crippen molar-refractivity contribution < 1.29 is 4.79 Å². The summed E-state index contributed by atoms with van der Waals surface area (Å²) in [4.78, 5) is 29.0. The van der Waals surface area contributed by atoms with Crippen LogP contribution in [0.1, 0.15) is 37.2 Å². The highest BCUT2D eigenvalue weighted by Crippen LogP contribution is 2.18. The Morgan fingerprint density at radius 1 is 1.21 bits per heavy atom. The van der Waals surface area contributed by atoms with Gasteiger partial charge in [0.2, 0.25) is 17.8 Å². The van der Waals surface area contributed by atoms with E-state index in [0.717, 1.165) is 29.7 Å². The molecule has 0 saturated carbocycles. The van der Waals surface area contributed by atoms with Crippen molar-refractivity contribution in [3.05, 3.63) is 53.5 Å². The summed E-state index contributed by atoms with van der Waals surface area (Å²) >= 11 is 0. The van der Waals surface area contributed by atoms with E-state index in [1.165, 1.54) is 10.9 Å². The molecule has 1 aromatic carbocycles. The van der Waals surface area contributed by atoms with Crippen LogP contribution >= 0.6 is 0 Å². The van der Waals surface area contributed by atoms with Crippen molar-refractivity contribution >= 4 is 28.7 Å². The summed E-state index contributed by atoms with van der Waals surface area (Å²) in [5.74, 6) is 0.629. The minimum Gasteiger partial charge on any atom is -0.361 e. The summed E-state index contributed by atoms with van der Waals surface area (Å²) in [7, 11) is 0. The minimum absolute atomic E-state index is 0.0739. The lowest BCUT2D eigenvalue weighted by molar-refractivity contribution is -0.123. The lowest BCUT2D eigenvalue weighted by Gasteiger charge is -2.14. The fourth-order valence-electron chi connectivity index (χ4n) is 3.05. The first-order chi connectivity index (χ1) is 14.0. The Bertz CT molecular complexity index is 1000. The van der Waals surface area contributed by atoms with Gasteiger partial charge in [-0.25, -0.2) is 9.97 Å². The van der Waals surface area contributed by atoms with E-state index in [1.807, 2.05) is 52.1 Å². The number of hydrogen-bond acceptors (Lipinski definition) is 4. The van der Waals surface area contributed by atoms with Crippen LogP contribution in [-0.2, 0) is 11.2 Å². The van der Waals surface area contributed by atoms with Crippen LogP contribution in [0, 0.1) is 19.8 Å². The maximum atomic E-state index is 12.4. The molecular formula is C22H28N6O. The van der Waals surface area contributed by atoms with E-state index in [9.17, 15) is 4.79 Å². The summed E-state index contributed by atoms with van der Waals surface area (Å²) in [6, 6.07) is 10.1. The van der Waals surface area contributed by atoms with Crippen molar-refractivity contribution in [2.45, 2.75) is 40.5 Å². The summed E-state index contributed by atoms with van der Waals surface area (Å²) in [5, 5.41) is 7.15. The number of anilines is 1. The molecule has 0 radical (unpaired) electrons. The number of rotatable bonds is 6. The van der Waals surface area contributed by atoms with Crippen LogP contribution in [0.3, 0.4) is 0 Å². The van der Waals surface area contributed by atoms with Crippen molar-refractivity contribution in [2.75, 3.05) is 11.9 Å². The number of aryl methyl sites for hydroxylation is 2. The van der Waals surface area contributed by atoms with Crippen LogP contribution in [0.4, 0.5) is 5.95 Å². The molecular weight excluding hydrogens is 364 g/mol. The van der Waals surface area contributed by atoms with Gasteiger partial charge in [-0.05, 0) is 44.4 Å². The van der Waals surface area contributed by atoms with Crippen LogP contribution in [0.15, 0.2) is 41.5 Å². The van der Waals surface area contributed by atoms with Crippen molar-refractivity contribution in [1.82, 2.24) is 20.3 Å². The van der Waals surface area contributed by atoms with E-state index < -0.39 is 0 Å². The van der Waals surface area contributed by atoms with E-state index in [4.69, 9.17) is 0 Å². The van der Waals surface area contributed by atoms with Gasteiger partial charge >= 0.3 is 0 Å². The SMILES string of the molecule is CC[C@@H](C)C(=O)NC(=NCCc1c[nH]c2ccccc12)Nc1nc(C)cc(C)n1. The number of hydrogen-bond donors (Lipinski definition) is 3. The standard InChI is InChI=1S/C22H28N6O/c1-5-14(2)20(29)27-21(28-22-25-15(3)12-16(4)26-22)23-11-10-17-13-24-19-9-7-6-8-18(17)19/h6-9,12-14,24H,5,10-11H2,1-4H3,(H2,23,25,26,27,28,29)/t14-/m1/s1. The molecule has 3 aromatic rings. The van der Waals surface area contributed by atoms with E-state index in [1.54, 1.807) is 0 Å². The van der Waals surface area contributed by atoms with Gasteiger partial charge in [-0.2, -0.15) is 0 Å². The van der Waals surface area contributed by atoms with Crippen molar-refractivity contribution in [1.29, 1.82) is 0 Å². The lowest BCUT2D eigenvalue weighted by atomic mass is 10.1. The first-order valence-electron chi connectivity index (χ1n) is 9.96. The average Bonchev–Trinajstić information content (AvgIpc) is 3.09. The highest BCUT2D eigenvalue weighted by atomic mass is 16.2. The van der Waals surface area contributed by atoms with Crippen molar-refractivity contribution in [3.63, 3.8) is 0 Å². The molecule has 0 spiro atoms. The number of carbonyl (C=O) groups is 1. The molecule has 0 fully saturated rings. The van der Waals surface area contributed by atoms with Crippen LogP contribution in [0.5, 0.6) is 0 Å². The number of fused-ring (bicyclic) bond motifs is 1. The first-order valence-corrected chi connectivity index (χ1v) is 9.96. The van der Waals surface area contributed by atoms with Gasteiger partial charge in [-0.1, -0.05) is 32.0 Å². The van der Waals surface area contributed by atoms with Gasteiger partial charge in [-0.15, -0.1) is 0 Å². The minimum atomic E-state index is -0.101. The Labute approximate surface area is 171 Å². The number of carbonyl (C=O) groups excluding carboxylic acids is 1. The molecule has 1 amide bonds. The zero-order valence-electron chi connectivity index (χ0n) is 17.4. The predicted molar refractivity (Wildman–Crippen MR) is 117 cm³/mol. The highest BCUT2D eigenvalue weighted by Gasteiger charge is 2.14. The van der Waals surface area contributed by atoms with Crippen LogP contribution < -0.4 is 10.6 Å². The quantitative estimate of drug-likeness (QED) is 0.440. The number of guanidine groups is 1. The second-order valence-electron chi connectivity index (χ2n) is 7.24. The second kappa shape index (κ2) is 9.32. The van der Waals surface area contributed by atoms with Gasteiger partial charge in [0.15, 0.2) is 0 Å². The molecule has 152 valence electrons. The number of aromatic nitrogens is 3. The molecule has 7 nitrogen and oxygen atoms in total. The van der Waals surface area contributed by atoms with E-state index in [0.29, 0.717) is 18.5 Å². The molecule has 1 atom stereocenters. The van der Waals surface area contributed by atoms with Gasteiger partial charge < -0.3 is 4.98 Å². The Morgan fingerprint density at radius 2 is 1.93 bits per heavy atom. The van der Waals surface area contributed by atoms with Crippen molar-refractivity contribution in [2.24, 2.45) is 10.9 Å². The Hall–Kier alpha value is -3.22. The number of amides is 1. The third-order valence-corrected chi connectivity index (χ3v) is 4.84. The molecule has 2 aromatic heterocycles. The fourth-order valence-corrected chi connectivity index (χ4v) is 3.05. The summed E-state index contributed by atoms with van der Waals surface area (Å²) < 4.78 is 0. The third kappa shape index (κ3) is 5.40. The van der Waals surface area contributed by atoms with E-state index in [2.05, 4.69) is 42.7 Å². The number of nitrogens with one attached hydrogen (secondary N) is 3. The summed E-state index contributed by atoms with van der Waals surface area (Å²) in [6.45, 7) is 8.22. The molecule has 0 saturated heterocycles. The zero-order chi connectivity index (χ0) is 20.8. The molecule has 7 heteroatoms. The maximum absolute atomic E-state index is 12.4. The highest BCUT2D eigenvalue weighted by molar-refractivity contribution is 6.04. The van der Waals surface area contributed by atoms with E-state index >= 15 is 0 Å². The lowest BCUT2D eigenvalue weighted by Crippen LogP contribution is -2.39. The number of benzene rings is 1. The first kappa shape index (κ1) is 20.5. The average molecular weight is 393 g/mol. The Balaban J connectivity index is 1.76. The molecule has 0 aliphatic heterocycles. The Morgan fingerprint density at radius 3 is 2.66 bits per heavy atom. The third-order valence-electron chi connectivity index (χ3n) is 4.84. The molecule has 2 heterocycles. The summed E-state index contributed by atoms with van der Waals surface area (Å²) in [6.07, 6.45) is 3.52. The molecule has 0 aliphatic carbocycles. The smallest absolute Gasteiger partial charge is 0.229 e. The molecule has 29 heavy (non-hydrogen) atoms. The number of aromatic amines is 1. The van der Waals surface area contributed by atoms with Gasteiger partial charge in [0, 0.05) is 41.0 Å². The topological polar surface area (TPSA) is 95.1 Å². The monoisotopic (exact) mass is 392 g/mol. The number of aliphatic imine (C=N–C) groups is 1. The molecule has 0 aliphatic rings. The molecule has 0 bridgehead atoms. The van der Waals surface area contributed by atoms with Gasteiger partial charge in [0.1, 0.15) is 0 Å².